The number of nitrogens with one attached hydrogen (secondary N) is 1. The van der Waals surface area contributed by atoms with Gasteiger partial charge in [0.1, 0.15) is 0 Å². The molecule has 0 aromatic heterocycles. The second-order valence-electron chi connectivity index (χ2n) is 6.67. The number of benzene rings is 1. The molecule has 0 radical (unpaired) electrons. The van der Waals surface area contributed by atoms with E-state index in [1.54, 1.807) is 7.05 Å². The van der Waals surface area contributed by atoms with Gasteiger partial charge in [0.25, 0.3) is 0 Å². The van der Waals surface area contributed by atoms with Gasteiger partial charge in [0, 0.05) is 44.8 Å². The normalized spacial score (nSPS) is 20.5. The fraction of sp³-hybridized carbons (Fsp3) is 0.579. The largest absolute Gasteiger partial charge is 0.376 e. The molecule has 9 heteroatoms. The summed E-state index contributed by atoms with van der Waals surface area (Å²) in [5.41, 5.74) is 0.946. The van der Waals surface area contributed by atoms with E-state index >= 15 is 0 Å². The quantitative estimate of drug-likeness (QED) is 0.370. The molecular weight excluding hydrogens is 495 g/mol. The Bertz CT molecular complexity index is 662. The maximum Gasteiger partial charge on any atom is 0.227 e. The number of amides is 1. The first-order chi connectivity index (χ1) is 13.2. The number of guanidine groups is 1. The van der Waals surface area contributed by atoms with Crippen molar-refractivity contribution >= 4 is 47.4 Å². The van der Waals surface area contributed by atoms with Gasteiger partial charge in [0.15, 0.2) is 5.96 Å². The van der Waals surface area contributed by atoms with E-state index in [0.29, 0.717) is 50.9 Å². The Hall–Kier alpha value is -1.10. The third-order valence-corrected chi connectivity index (χ3v) is 5.00. The van der Waals surface area contributed by atoms with Crippen LogP contribution in [0.5, 0.6) is 0 Å². The molecule has 0 bridgehead atoms. The number of aliphatic imine (C=N–C) groups is 1. The maximum atomic E-state index is 12.5. The van der Waals surface area contributed by atoms with Crippen LogP contribution in [0.4, 0.5) is 0 Å². The molecule has 1 atom stereocenters. The van der Waals surface area contributed by atoms with Crippen LogP contribution in [-0.2, 0) is 20.7 Å². The fourth-order valence-corrected chi connectivity index (χ4v) is 3.51. The van der Waals surface area contributed by atoms with Crippen molar-refractivity contribution in [3.05, 3.63) is 34.9 Å². The monoisotopic (exact) mass is 522 g/mol. The van der Waals surface area contributed by atoms with Crippen LogP contribution in [0.3, 0.4) is 0 Å². The van der Waals surface area contributed by atoms with Crippen molar-refractivity contribution < 1.29 is 14.3 Å². The van der Waals surface area contributed by atoms with Crippen LogP contribution in [0.1, 0.15) is 5.56 Å². The van der Waals surface area contributed by atoms with Gasteiger partial charge in [0.05, 0.1) is 32.3 Å². The zero-order chi connectivity index (χ0) is 19.1. The third-order valence-electron chi connectivity index (χ3n) is 4.76. The summed E-state index contributed by atoms with van der Waals surface area (Å²) < 4.78 is 11.1. The Morgan fingerprint density at radius 2 is 2.00 bits per heavy atom. The van der Waals surface area contributed by atoms with Crippen molar-refractivity contribution in [3.8, 4) is 0 Å². The van der Waals surface area contributed by atoms with Gasteiger partial charge in [0.2, 0.25) is 5.91 Å². The lowest BCUT2D eigenvalue weighted by Crippen LogP contribution is -2.55. The summed E-state index contributed by atoms with van der Waals surface area (Å²) in [6.07, 6.45) is 0.433. The zero-order valence-electron chi connectivity index (χ0n) is 16.1. The van der Waals surface area contributed by atoms with E-state index in [0.717, 1.165) is 24.6 Å². The molecule has 2 fully saturated rings. The third kappa shape index (κ3) is 6.75. The van der Waals surface area contributed by atoms with Crippen LogP contribution < -0.4 is 5.32 Å². The predicted octanol–water partition coefficient (Wildman–Crippen LogP) is 1.64. The Balaban J connectivity index is 0.00000280. The van der Waals surface area contributed by atoms with Gasteiger partial charge in [-0.1, -0.05) is 23.7 Å². The standard InChI is InChI=1S/C19H27ClN4O3.HI/c1-21-19(22-13-17-14-26-9-10-27-17)24-7-5-23(6-8-24)18(25)12-15-3-2-4-16(20)11-15;/h2-4,11,17H,5-10,12-14H2,1H3,(H,21,22);1H. The van der Waals surface area contributed by atoms with E-state index in [1.165, 1.54) is 0 Å². The van der Waals surface area contributed by atoms with Crippen molar-refractivity contribution in [1.29, 1.82) is 0 Å². The van der Waals surface area contributed by atoms with Crippen LogP contribution >= 0.6 is 35.6 Å². The highest BCUT2D eigenvalue weighted by Crippen LogP contribution is 2.13. The van der Waals surface area contributed by atoms with E-state index < -0.39 is 0 Å². The highest BCUT2D eigenvalue weighted by Gasteiger charge is 2.24. The van der Waals surface area contributed by atoms with E-state index in [9.17, 15) is 4.79 Å². The maximum absolute atomic E-state index is 12.5. The molecule has 1 amide bonds. The van der Waals surface area contributed by atoms with E-state index in [2.05, 4.69) is 15.2 Å². The van der Waals surface area contributed by atoms with Gasteiger partial charge in [-0.2, -0.15) is 0 Å². The Kier molecular flexibility index (Phi) is 9.76. The second kappa shape index (κ2) is 11.8. The van der Waals surface area contributed by atoms with Crippen molar-refractivity contribution in [2.45, 2.75) is 12.5 Å². The summed E-state index contributed by atoms with van der Waals surface area (Å²) in [6.45, 7) is 5.45. The molecule has 2 heterocycles. The summed E-state index contributed by atoms with van der Waals surface area (Å²) in [4.78, 5) is 21.0. The summed E-state index contributed by atoms with van der Waals surface area (Å²) in [7, 11) is 1.78. The topological polar surface area (TPSA) is 66.4 Å². The molecule has 0 aliphatic carbocycles. The summed E-state index contributed by atoms with van der Waals surface area (Å²) in [5, 5.41) is 4.01. The van der Waals surface area contributed by atoms with Crippen molar-refractivity contribution in [2.75, 3.05) is 59.6 Å². The molecule has 0 saturated carbocycles. The average molecular weight is 523 g/mol. The van der Waals surface area contributed by atoms with Gasteiger partial charge in [-0.15, -0.1) is 24.0 Å². The molecule has 156 valence electrons. The van der Waals surface area contributed by atoms with Crippen molar-refractivity contribution in [3.63, 3.8) is 0 Å². The number of piperazine rings is 1. The first-order valence-corrected chi connectivity index (χ1v) is 9.70. The van der Waals surface area contributed by atoms with Gasteiger partial charge in [-0.25, -0.2) is 0 Å². The van der Waals surface area contributed by atoms with Crippen LogP contribution in [0.25, 0.3) is 0 Å². The fourth-order valence-electron chi connectivity index (χ4n) is 3.29. The van der Waals surface area contributed by atoms with Gasteiger partial charge in [-0.05, 0) is 17.7 Å². The van der Waals surface area contributed by atoms with Gasteiger partial charge < -0.3 is 24.6 Å². The number of hydrogen-bond donors (Lipinski definition) is 1. The molecule has 2 aliphatic heterocycles. The van der Waals surface area contributed by atoms with Crippen LogP contribution in [-0.4, -0.2) is 87.4 Å². The summed E-state index contributed by atoms with van der Waals surface area (Å²) >= 11 is 6.00. The molecule has 1 aromatic rings. The Morgan fingerprint density at radius 3 is 2.64 bits per heavy atom. The molecule has 28 heavy (non-hydrogen) atoms. The predicted molar refractivity (Wildman–Crippen MR) is 121 cm³/mol. The number of hydrogen-bond acceptors (Lipinski definition) is 4. The van der Waals surface area contributed by atoms with Gasteiger partial charge >= 0.3 is 0 Å². The number of rotatable bonds is 4. The SMILES string of the molecule is CN=C(NCC1COCCO1)N1CCN(C(=O)Cc2cccc(Cl)c2)CC1.I. The molecule has 1 unspecified atom stereocenters. The molecule has 3 rings (SSSR count). The number of carbonyl (C=O) groups is 1. The minimum Gasteiger partial charge on any atom is -0.376 e. The average Bonchev–Trinajstić information content (AvgIpc) is 2.70. The zero-order valence-corrected chi connectivity index (χ0v) is 19.2. The highest BCUT2D eigenvalue weighted by molar-refractivity contribution is 14.0. The number of nitrogens with zero attached hydrogens (tertiary/aromatic N) is 3. The lowest BCUT2D eigenvalue weighted by molar-refractivity contribution is -0.131. The van der Waals surface area contributed by atoms with E-state index in [1.807, 2.05) is 29.2 Å². The lowest BCUT2D eigenvalue weighted by atomic mass is 10.1. The molecule has 1 aromatic carbocycles. The molecule has 0 spiro atoms. The molecule has 2 saturated heterocycles. The first kappa shape index (κ1) is 23.2. The number of halogens is 2. The number of ether oxygens (including phenoxy) is 2. The smallest absolute Gasteiger partial charge is 0.227 e. The van der Waals surface area contributed by atoms with Crippen LogP contribution in [0, 0.1) is 0 Å². The van der Waals surface area contributed by atoms with E-state index in [-0.39, 0.29) is 36.0 Å². The molecular formula is C19H28ClIN4O3. The van der Waals surface area contributed by atoms with Gasteiger partial charge in [-0.3, -0.25) is 9.79 Å². The van der Waals surface area contributed by atoms with E-state index in [4.69, 9.17) is 21.1 Å². The van der Waals surface area contributed by atoms with Crippen LogP contribution in [0.2, 0.25) is 5.02 Å². The summed E-state index contributed by atoms with van der Waals surface area (Å²) in [6, 6.07) is 7.47. The Morgan fingerprint density at radius 1 is 1.25 bits per heavy atom. The first-order valence-electron chi connectivity index (χ1n) is 9.33. The molecule has 1 N–H and O–H groups in total. The highest BCUT2D eigenvalue weighted by atomic mass is 127. The summed E-state index contributed by atoms with van der Waals surface area (Å²) in [5.74, 6) is 0.971. The lowest BCUT2D eigenvalue weighted by Gasteiger charge is -2.37. The Labute approximate surface area is 188 Å². The van der Waals surface area contributed by atoms with Crippen molar-refractivity contribution in [1.82, 2.24) is 15.1 Å². The second-order valence-corrected chi connectivity index (χ2v) is 7.11. The van der Waals surface area contributed by atoms with Crippen molar-refractivity contribution in [2.24, 2.45) is 4.99 Å². The van der Waals surface area contributed by atoms with Crippen LogP contribution in [0.15, 0.2) is 29.3 Å². The molecule has 2 aliphatic rings. The minimum absolute atomic E-state index is 0. The molecule has 7 nitrogen and oxygen atoms in total. The number of carbonyl (C=O) groups excluding carboxylic acids is 1. The minimum atomic E-state index is 0.